The average molecular weight is 230 g/mol. The van der Waals surface area contributed by atoms with Crippen molar-refractivity contribution in [3.8, 4) is 0 Å². The van der Waals surface area contributed by atoms with Gasteiger partial charge in [0.2, 0.25) is 0 Å². The molecule has 0 bridgehead atoms. The molecule has 0 aliphatic carbocycles. The summed E-state index contributed by atoms with van der Waals surface area (Å²) in [5.74, 6) is 0. The smallest absolute Gasteiger partial charge is 0.0897 e. The van der Waals surface area contributed by atoms with E-state index in [9.17, 15) is 5.11 Å². The molecule has 0 aromatic carbocycles. The van der Waals surface area contributed by atoms with E-state index in [0.29, 0.717) is 19.8 Å². The number of aliphatic hydroxyl groups is 1. The van der Waals surface area contributed by atoms with E-state index in [1.807, 2.05) is 6.92 Å². The van der Waals surface area contributed by atoms with Gasteiger partial charge in [-0.3, -0.25) is 0 Å². The molecule has 1 unspecified atom stereocenters. The van der Waals surface area contributed by atoms with Crippen molar-refractivity contribution < 1.29 is 9.84 Å². The zero-order valence-electron chi connectivity index (χ0n) is 10.5. The lowest BCUT2D eigenvalue weighted by atomic mass is 10.1. The summed E-state index contributed by atoms with van der Waals surface area (Å²) in [4.78, 5) is 2.49. The lowest BCUT2D eigenvalue weighted by Gasteiger charge is -2.26. The molecule has 4 nitrogen and oxygen atoms in total. The molecule has 1 aliphatic rings. The second kappa shape index (κ2) is 8.93. The van der Waals surface area contributed by atoms with Gasteiger partial charge < -0.3 is 20.1 Å². The van der Waals surface area contributed by atoms with Crippen LogP contribution in [0.15, 0.2) is 0 Å². The molecule has 0 amide bonds. The van der Waals surface area contributed by atoms with Gasteiger partial charge >= 0.3 is 0 Å². The van der Waals surface area contributed by atoms with Gasteiger partial charge in [0, 0.05) is 26.2 Å². The molecule has 1 atom stereocenters. The Morgan fingerprint density at radius 2 is 2.06 bits per heavy atom. The van der Waals surface area contributed by atoms with Crippen LogP contribution in [0, 0.1) is 0 Å². The molecular weight excluding hydrogens is 204 g/mol. The Labute approximate surface area is 99.0 Å². The zero-order valence-corrected chi connectivity index (χ0v) is 10.5. The van der Waals surface area contributed by atoms with E-state index >= 15 is 0 Å². The molecule has 4 heteroatoms. The molecule has 0 spiro atoms. The van der Waals surface area contributed by atoms with Crippen molar-refractivity contribution in [3.05, 3.63) is 0 Å². The van der Waals surface area contributed by atoms with Gasteiger partial charge in [-0.05, 0) is 32.9 Å². The first kappa shape index (κ1) is 13.9. The summed E-state index contributed by atoms with van der Waals surface area (Å²) in [6, 6.07) is 0. The molecule has 1 fully saturated rings. The van der Waals surface area contributed by atoms with Crippen molar-refractivity contribution in [1.29, 1.82) is 0 Å². The molecule has 1 heterocycles. The fourth-order valence-electron chi connectivity index (χ4n) is 2.00. The molecule has 0 aromatic heterocycles. The fraction of sp³-hybridized carbons (Fsp3) is 1.00. The van der Waals surface area contributed by atoms with Gasteiger partial charge in [-0.15, -0.1) is 0 Å². The van der Waals surface area contributed by atoms with Crippen LogP contribution in [0.4, 0.5) is 0 Å². The van der Waals surface area contributed by atoms with Crippen molar-refractivity contribution in [1.82, 2.24) is 10.2 Å². The molecule has 0 aromatic rings. The summed E-state index contributed by atoms with van der Waals surface area (Å²) < 4.78 is 5.14. The normalized spacial score (nSPS) is 19.9. The highest BCUT2D eigenvalue weighted by Gasteiger charge is 2.09. The Morgan fingerprint density at radius 3 is 2.75 bits per heavy atom. The van der Waals surface area contributed by atoms with Crippen LogP contribution in [-0.2, 0) is 4.74 Å². The number of likely N-dealkylation sites (tertiary alicyclic amines) is 1. The highest BCUT2D eigenvalue weighted by atomic mass is 16.5. The number of nitrogens with one attached hydrogen (secondary N) is 1. The number of hydrogen-bond donors (Lipinski definition) is 2. The van der Waals surface area contributed by atoms with E-state index in [-0.39, 0.29) is 6.10 Å². The van der Waals surface area contributed by atoms with Crippen molar-refractivity contribution >= 4 is 0 Å². The lowest BCUT2D eigenvalue weighted by Crippen LogP contribution is -2.38. The largest absolute Gasteiger partial charge is 0.389 e. The van der Waals surface area contributed by atoms with E-state index < -0.39 is 0 Å². The summed E-state index contributed by atoms with van der Waals surface area (Å²) in [7, 11) is 0. The first-order valence-corrected chi connectivity index (χ1v) is 6.51. The standard InChI is InChI=1S/C12H26N2O2/c1-2-16-11-12(15)10-13-6-9-14-7-4-3-5-8-14/h12-13,15H,2-11H2,1H3. The van der Waals surface area contributed by atoms with Crippen molar-refractivity contribution in [2.24, 2.45) is 0 Å². The van der Waals surface area contributed by atoms with Crippen molar-refractivity contribution in [3.63, 3.8) is 0 Å². The summed E-state index contributed by atoms with van der Waals surface area (Å²) in [5, 5.41) is 12.8. The van der Waals surface area contributed by atoms with Crippen molar-refractivity contribution in [2.45, 2.75) is 32.3 Å². The van der Waals surface area contributed by atoms with Crippen LogP contribution >= 0.6 is 0 Å². The molecule has 16 heavy (non-hydrogen) atoms. The van der Waals surface area contributed by atoms with Gasteiger partial charge in [0.05, 0.1) is 12.7 Å². The quantitative estimate of drug-likeness (QED) is 0.595. The number of piperidine rings is 1. The highest BCUT2D eigenvalue weighted by molar-refractivity contribution is 4.66. The Balaban J connectivity index is 1.90. The van der Waals surface area contributed by atoms with E-state index in [1.165, 1.54) is 32.4 Å². The van der Waals surface area contributed by atoms with E-state index in [1.54, 1.807) is 0 Å². The van der Waals surface area contributed by atoms with E-state index in [0.717, 1.165) is 13.1 Å². The zero-order chi connectivity index (χ0) is 11.6. The number of aliphatic hydroxyl groups excluding tert-OH is 1. The maximum atomic E-state index is 9.52. The van der Waals surface area contributed by atoms with Gasteiger partial charge in [-0.1, -0.05) is 6.42 Å². The van der Waals surface area contributed by atoms with Gasteiger partial charge in [0.15, 0.2) is 0 Å². The topological polar surface area (TPSA) is 44.7 Å². The van der Waals surface area contributed by atoms with Gasteiger partial charge in [-0.25, -0.2) is 0 Å². The van der Waals surface area contributed by atoms with Gasteiger partial charge in [-0.2, -0.15) is 0 Å². The third kappa shape index (κ3) is 6.43. The number of rotatable bonds is 8. The SMILES string of the molecule is CCOCC(O)CNCCN1CCCCC1. The molecule has 1 saturated heterocycles. The Kier molecular flexibility index (Phi) is 7.76. The first-order valence-electron chi connectivity index (χ1n) is 6.51. The predicted molar refractivity (Wildman–Crippen MR) is 65.7 cm³/mol. The summed E-state index contributed by atoms with van der Waals surface area (Å²) in [6.45, 7) is 8.22. The minimum Gasteiger partial charge on any atom is -0.389 e. The van der Waals surface area contributed by atoms with E-state index in [2.05, 4.69) is 10.2 Å². The lowest BCUT2D eigenvalue weighted by molar-refractivity contribution is 0.0425. The first-order chi connectivity index (χ1) is 7.83. The maximum absolute atomic E-state index is 9.52. The van der Waals surface area contributed by atoms with Crippen LogP contribution < -0.4 is 5.32 Å². The second-order valence-corrected chi connectivity index (χ2v) is 4.42. The molecule has 1 rings (SSSR count). The van der Waals surface area contributed by atoms with Crippen LogP contribution in [-0.4, -0.2) is 62.0 Å². The van der Waals surface area contributed by atoms with E-state index in [4.69, 9.17) is 4.74 Å². The third-order valence-corrected chi connectivity index (χ3v) is 2.95. The molecule has 0 saturated carbocycles. The number of ether oxygens (including phenoxy) is 1. The summed E-state index contributed by atoms with van der Waals surface area (Å²) in [5.41, 5.74) is 0. The highest BCUT2D eigenvalue weighted by Crippen LogP contribution is 2.07. The van der Waals surface area contributed by atoms with Crippen LogP contribution in [0.2, 0.25) is 0 Å². The van der Waals surface area contributed by atoms with Crippen LogP contribution in [0.1, 0.15) is 26.2 Å². The fourth-order valence-corrected chi connectivity index (χ4v) is 2.00. The number of hydrogen-bond acceptors (Lipinski definition) is 4. The van der Waals surface area contributed by atoms with Crippen LogP contribution in [0.5, 0.6) is 0 Å². The summed E-state index contributed by atoms with van der Waals surface area (Å²) >= 11 is 0. The monoisotopic (exact) mass is 230 g/mol. The van der Waals surface area contributed by atoms with Crippen LogP contribution in [0.25, 0.3) is 0 Å². The second-order valence-electron chi connectivity index (χ2n) is 4.42. The Morgan fingerprint density at radius 1 is 1.31 bits per heavy atom. The molecule has 0 radical (unpaired) electrons. The average Bonchev–Trinajstić information content (AvgIpc) is 2.33. The maximum Gasteiger partial charge on any atom is 0.0897 e. The molecule has 1 aliphatic heterocycles. The molecular formula is C12H26N2O2. The molecule has 96 valence electrons. The van der Waals surface area contributed by atoms with Crippen LogP contribution in [0.3, 0.4) is 0 Å². The Bertz CT molecular complexity index is 161. The third-order valence-electron chi connectivity index (χ3n) is 2.95. The minimum atomic E-state index is -0.374. The number of nitrogens with zero attached hydrogens (tertiary/aromatic N) is 1. The van der Waals surface area contributed by atoms with Gasteiger partial charge in [0.25, 0.3) is 0 Å². The summed E-state index contributed by atoms with van der Waals surface area (Å²) in [6.07, 6.45) is 3.69. The van der Waals surface area contributed by atoms with Crippen molar-refractivity contribution in [2.75, 3.05) is 45.9 Å². The minimum absolute atomic E-state index is 0.374. The van der Waals surface area contributed by atoms with Gasteiger partial charge in [0.1, 0.15) is 0 Å². The Hall–Kier alpha value is -0.160. The molecule has 2 N–H and O–H groups in total. The predicted octanol–water partition coefficient (Wildman–Crippen LogP) is 0.459.